The Kier molecular flexibility index (Phi) is 5.94. The predicted octanol–water partition coefficient (Wildman–Crippen LogP) is 3.06. The third-order valence-electron chi connectivity index (χ3n) is 3.35. The number of methoxy groups -OCH3 is 2. The van der Waals surface area contributed by atoms with Gasteiger partial charge in [-0.25, -0.2) is 4.39 Å². The molecule has 0 aliphatic rings. The van der Waals surface area contributed by atoms with Gasteiger partial charge in [-0.15, -0.1) is 0 Å². The SMILES string of the molecule is COc1ccc(NC(=O)COc2ccc(F)cc2C(C)=O)cc1OC. The Balaban J connectivity index is 2.03. The second kappa shape index (κ2) is 8.14. The highest BCUT2D eigenvalue weighted by atomic mass is 19.1. The van der Waals surface area contributed by atoms with E-state index in [-0.39, 0.29) is 23.7 Å². The topological polar surface area (TPSA) is 73.9 Å². The van der Waals surface area contributed by atoms with E-state index in [9.17, 15) is 14.0 Å². The summed E-state index contributed by atoms with van der Waals surface area (Å²) in [6.45, 7) is 0.964. The number of carbonyl (C=O) groups excluding carboxylic acids is 2. The minimum Gasteiger partial charge on any atom is -0.493 e. The summed E-state index contributed by atoms with van der Waals surface area (Å²) in [6, 6.07) is 8.46. The largest absolute Gasteiger partial charge is 0.493 e. The van der Waals surface area contributed by atoms with Crippen molar-refractivity contribution >= 4 is 17.4 Å². The smallest absolute Gasteiger partial charge is 0.262 e. The summed E-state index contributed by atoms with van der Waals surface area (Å²) in [5.74, 6) is -0.183. The molecule has 0 saturated carbocycles. The first-order valence-corrected chi connectivity index (χ1v) is 7.39. The standard InChI is InChI=1S/C18H18FNO5/c1-11(21)14-8-12(19)4-6-15(14)25-10-18(22)20-13-5-7-16(23-2)17(9-13)24-3/h4-9H,10H2,1-3H3,(H,20,22). The number of ketones is 1. The summed E-state index contributed by atoms with van der Waals surface area (Å²) in [5, 5.41) is 2.64. The third-order valence-corrected chi connectivity index (χ3v) is 3.35. The number of hydrogen-bond acceptors (Lipinski definition) is 5. The van der Waals surface area contributed by atoms with Crippen LogP contribution in [0, 0.1) is 5.82 Å². The average Bonchev–Trinajstić information content (AvgIpc) is 2.60. The molecule has 25 heavy (non-hydrogen) atoms. The van der Waals surface area contributed by atoms with Crippen LogP contribution < -0.4 is 19.5 Å². The maximum absolute atomic E-state index is 13.2. The number of nitrogens with one attached hydrogen (secondary N) is 1. The van der Waals surface area contributed by atoms with Crippen molar-refractivity contribution in [1.82, 2.24) is 0 Å². The molecule has 2 rings (SSSR count). The predicted molar refractivity (Wildman–Crippen MR) is 90.1 cm³/mol. The molecule has 0 radical (unpaired) electrons. The number of halogens is 1. The van der Waals surface area contributed by atoms with Crippen molar-refractivity contribution in [3.8, 4) is 17.2 Å². The first-order valence-electron chi connectivity index (χ1n) is 7.39. The summed E-state index contributed by atoms with van der Waals surface area (Å²) in [6.07, 6.45) is 0. The Morgan fingerprint density at radius 2 is 1.68 bits per heavy atom. The van der Waals surface area contributed by atoms with Crippen LogP contribution in [0.2, 0.25) is 0 Å². The molecule has 1 N–H and O–H groups in total. The van der Waals surface area contributed by atoms with E-state index in [2.05, 4.69) is 5.32 Å². The van der Waals surface area contributed by atoms with Crippen LogP contribution in [0.5, 0.6) is 17.2 Å². The minimum absolute atomic E-state index is 0.0823. The number of ether oxygens (including phenoxy) is 3. The molecular formula is C18H18FNO5. The van der Waals surface area contributed by atoms with Gasteiger partial charge in [0.05, 0.1) is 19.8 Å². The molecule has 0 heterocycles. The van der Waals surface area contributed by atoms with E-state index in [1.165, 1.54) is 27.2 Å². The van der Waals surface area contributed by atoms with E-state index in [4.69, 9.17) is 14.2 Å². The second-order valence-electron chi connectivity index (χ2n) is 5.10. The van der Waals surface area contributed by atoms with E-state index in [0.717, 1.165) is 12.1 Å². The van der Waals surface area contributed by atoms with Gasteiger partial charge in [0, 0.05) is 11.8 Å². The van der Waals surface area contributed by atoms with Crippen molar-refractivity contribution in [3.63, 3.8) is 0 Å². The Morgan fingerprint density at radius 3 is 2.32 bits per heavy atom. The van der Waals surface area contributed by atoms with Crippen LogP contribution in [0.1, 0.15) is 17.3 Å². The maximum Gasteiger partial charge on any atom is 0.262 e. The number of anilines is 1. The van der Waals surface area contributed by atoms with Crippen LogP contribution in [0.3, 0.4) is 0 Å². The van der Waals surface area contributed by atoms with Gasteiger partial charge in [-0.3, -0.25) is 9.59 Å². The molecule has 0 unspecified atom stereocenters. The Hall–Kier alpha value is -3.09. The molecule has 7 heteroatoms. The van der Waals surface area contributed by atoms with Crippen LogP contribution >= 0.6 is 0 Å². The van der Waals surface area contributed by atoms with Crippen molar-refractivity contribution in [3.05, 3.63) is 47.8 Å². The van der Waals surface area contributed by atoms with E-state index in [1.54, 1.807) is 18.2 Å². The Bertz CT molecular complexity index is 791. The Morgan fingerprint density at radius 1 is 1.00 bits per heavy atom. The van der Waals surface area contributed by atoms with Crippen LogP contribution in [0.25, 0.3) is 0 Å². The zero-order valence-corrected chi connectivity index (χ0v) is 14.1. The molecule has 2 aromatic rings. The lowest BCUT2D eigenvalue weighted by molar-refractivity contribution is -0.118. The first kappa shape index (κ1) is 18.3. The molecule has 0 atom stereocenters. The number of Topliss-reactive ketones (excluding diaryl/α,β-unsaturated/α-hetero) is 1. The van der Waals surface area contributed by atoms with Gasteiger partial charge in [-0.1, -0.05) is 0 Å². The lowest BCUT2D eigenvalue weighted by Crippen LogP contribution is -2.20. The first-order chi connectivity index (χ1) is 11.9. The highest BCUT2D eigenvalue weighted by Crippen LogP contribution is 2.29. The second-order valence-corrected chi connectivity index (χ2v) is 5.10. The van der Waals surface area contributed by atoms with Crippen molar-refractivity contribution in [2.45, 2.75) is 6.92 Å². The zero-order chi connectivity index (χ0) is 18.4. The number of hydrogen-bond donors (Lipinski definition) is 1. The van der Waals surface area contributed by atoms with Crippen molar-refractivity contribution in [2.75, 3.05) is 26.1 Å². The van der Waals surface area contributed by atoms with Crippen LogP contribution in [-0.4, -0.2) is 32.5 Å². The van der Waals surface area contributed by atoms with Gasteiger partial charge < -0.3 is 19.5 Å². The van der Waals surface area contributed by atoms with E-state index in [1.807, 2.05) is 0 Å². The van der Waals surface area contributed by atoms with E-state index >= 15 is 0 Å². The molecule has 6 nitrogen and oxygen atoms in total. The molecule has 0 saturated heterocycles. The number of rotatable bonds is 7. The normalized spacial score (nSPS) is 10.1. The quantitative estimate of drug-likeness (QED) is 0.779. The van der Waals surface area contributed by atoms with Crippen molar-refractivity contribution < 1.29 is 28.2 Å². The van der Waals surface area contributed by atoms with Crippen LogP contribution in [0.15, 0.2) is 36.4 Å². The number of amides is 1. The molecule has 132 valence electrons. The van der Waals surface area contributed by atoms with Crippen molar-refractivity contribution in [2.24, 2.45) is 0 Å². The molecular weight excluding hydrogens is 329 g/mol. The van der Waals surface area contributed by atoms with Gasteiger partial charge >= 0.3 is 0 Å². The van der Waals surface area contributed by atoms with Gasteiger partial charge in [0.15, 0.2) is 23.9 Å². The summed E-state index contributed by atoms with van der Waals surface area (Å²) in [7, 11) is 3.00. The van der Waals surface area contributed by atoms with Crippen LogP contribution in [0.4, 0.5) is 10.1 Å². The van der Waals surface area contributed by atoms with E-state index < -0.39 is 11.7 Å². The number of carbonyl (C=O) groups is 2. The van der Waals surface area contributed by atoms with E-state index in [0.29, 0.717) is 17.2 Å². The number of benzene rings is 2. The summed E-state index contributed by atoms with van der Waals surface area (Å²) < 4.78 is 28.8. The monoisotopic (exact) mass is 347 g/mol. The van der Waals surface area contributed by atoms with Crippen molar-refractivity contribution in [1.29, 1.82) is 0 Å². The lowest BCUT2D eigenvalue weighted by Gasteiger charge is -2.12. The average molecular weight is 347 g/mol. The lowest BCUT2D eigenvalue weighted by atomic mass is 10.1. The maximum atomic E-state index is 13.2. The van der Waals surface area contributed by atoms with Gasteiger partial charge in [-0.2, -0.15) is 0 Å². The summed E-state index contributed by atoms with van der Waals surface area (Å²) in [5.41, 5.74) is 0.580. The molecule has 0 aliphatic carbocycles. The molecule has 0 aliphatic heterocycles. The molecule has 0 spiro atoms. The Labute approximate surface area is 144 Å². The fourth-order valence-corrected chi connectivity index (χ4v) is 2.16. The van der Waals surface area contributed by atoms with Crippen LogP contribution in [-0.2, 0) is 4.79 Å². The molecule has 2 aromatic carbocycles. The summed E-state index contributed by atoms with van der Waals surface area (Å²) >= 11 is 0. The highest BCUT2D eigenvalue weighted by molar-refractivity contribution is 5.97. The van der Waals surface area contributed by atoms with Gasteiger partial charge in [0.25, 0.3) is 5.91 Å². The molecule has 0 fully saturated rings. The summed E-state index contributed by atoms with van der Waals surface area (Å²) in [4.78, 5) is 23.5. The molecule has 0 aromatic heterocycles. The van der Waals surface area contributed by atoms with Gasteiger partial charge in [0.2, 0.25) is 0 Å². The fourth-order valence-electron chi connectivity index (χ4n) is 2.16. The zero-order valence-electron chi connectivity index (χ0n) is 14.1. The molecule has 1 amide bonds. The highest BCUT2D eigenvalue weighted by Gasteiger charge is 2.12. The molecule has 0 bridgehead atoms. The fraction of sp³-hybridized carbons (Fsp3) is 0.222. The minimum atomic E-state index is -0.549. The third kappa shape index (κ3) is 4.69. The van der Waals surface area contributed by atoms with Gasteiger partial charge in [0.1, 0.15) is 11.6 Å². The van der Waals surface area contributed by atoms with Gasteiger partial charge in [-0.05, 0) is 37.3 Å².